The predicted octanol–water partition coefficient (Wildman–Crippen LogP) is 2.68. The highest BCUT2D eigenvalue weighted by atomic mass is 19.4. The molecule has 7 heteroatoms. The van der Waals surface area contributed by atoms with Gasteiger partial charge in [0.25, 0.3) is 0 Å². The van der Waals surface area contributed by atoms with Crippen LogP contribution in [0.25, 0.3) is 0 Å². The van der Waals surface area contributed by atoms with Crippen LogP contribution in [0.15, 0.2) is 4.99 Å². The number of rotatable bonds is 2. The average molecular weight is 289 g/mol. The zero-order valence-corrected chi connectivity index (χ0v) is 11.1. The lowest BCUT2D eigenvalue weighted by molar-refractivity contribution is -0.188. The van der Waals surface area contributed by atoms with Gasteiger partial charge in [0.15, 0.2) is 0 Å². The second kappa shape index (κ2) is 4.36. The summed E-state index contributed by atoms with van der Waals surface area (Å²) in [6.07, 6.45) is -1.27. The number of nitrogens with zero attached hydrogens (tertiary/aromatic N) is 2. The van der Waals surface area contributed by atoms with Gasteiger partial charge in [-0.25, -0.2) is 4.79 Å². The van der Waals surface area contributed by atoms with E-state index in [4.69, 9.17) is 5.73 Å². The molecule has 2 N–H and O–H groups in total. The summed E-state index contributed by atoms with van der Waals surface area (Å²) in [6.45, 7) is 0.494. The number of alkyl halides is 3. The number of carbonyl (C=O) groups is 1. The third kappa shape index (κ3) is 2.16. The highest BCUT2D eigenvalue weighted by molar-refractivity contribution is 6.05. The molecular weight excluding hydrogens is 271 g/mol. The Bertz CT molecular complexity index is 458. The molecule has 0 aromatic rings. The zero-order chi connectivity index (χ0) is 14.5. The van der Waals surface area contributed by atoms with Crippen molar-refractivity contribution in [3.8, 4) is 0 Å². The summed E-state index contributed by atoms with van der Waals surface area (Å²) in [6, 6.07) is -0.461. The zero-order valence-electron chi connectivity index (χ0n) is 11.1. The summed E-state index contributed by atoms with van der Waals surface area (Å²) >= 11 is 0. The number of aliphatic imine (C=N–C) groups is 1. The normalized spacial score (nSPS) is 34.8. The molecule has 0 aromatic heterocycles. The Morgan fingerprint density at radius 3 is 2.65 bits per heavy atom. The van der Waals surface area contributed by atoms with Gasteiger partial charge in [-0.1, -0.05) is 6.42 Å². The van der Waals surface area contributed by atoms with E-state index in [1.165, 1.54) is 4.90 Å². The molecule has 2 aliphatic carbocycles. The summed E-state index contributed by atoms with van der Waals surface area (Å²) in [4.78, 5) is 17.2. The molecule has 4 nitrogen and oxygen atoms in total. The van der Waals surface area contributed by atoms with Crippen molar-refractivity contribution >= 4 is 11.9 Å². The third-order valence-corrected chi connectivity index (χ3v) is 4.77. The monoisotopic (exact) mass is 289 g/mol. The van der Waals surface area contributed by atoms with Gasteiger partial charge in [-0.3, -0.25) is 0 Å². The average Bonchev–Trinajstić information content (AvgIpc) is 3.15. The van der Waals surface area contributed by atoms with E-state index in [-0.39, 0.29) is 18.7 Å². The maximum Gasteiger partial charge on any atom is 0.391 e. The minimum atomic E-state index is -4.23. The molecule has 2 fully saturated rings. The Labute approximate surface area is 115 Å². The molecule has 1 aliphatic heterocycles. The van der Waals surface area contributed by atoms with Crippen LogP contribution in [-0.2, 0) is 0 Å². The summed E-state index contributed by atoms with van der Waals surface area (Å²) < 4.78 is 39.1. The first kappa shape index (κ1) is 13.7. The lowest BCUT2D eigenvalue weighted by Crippen LogP contribution is -2.58. The van der Waals surface area contributed by atoms with Crippen LogP contribution in [0.3, 0.4) is 0 Å². The fourth-order valence-corrected chi connectivity index (χ4v) is 3.41. The van der Waals surface area contributed by atoms with E-state index in [1.807, 2.05) is 0 Å². The van der Waals surface area contributed by atoms with Crippen LogP contribution in [0.4, 0.5) is 18.0 Å². The van der Waals surface area contributed by atoms with Gasteiger partial charge in [-0.15, -0.1) is 0 Å². The van der Waals surface area contributed by atoms with E-state index >= 15 is 0 Å². The predicted molar refractivity (Wildman–Crippen MR) is 67.2 cm³/mol. The standard InChI is InChI=1S/C13H18F3N3O/c14-13(15,16)9-2-1-5-12(6-9)10(17)18-11(20)19(12)7-8-3-4-8/h8-9H,1-7H2,(H2,17,18,20). The van der Waals surface area contributed by atoms with Gasteiger partial charge < -0.3 is 10.6 Å². The molecule has 1 heterocycles. The molecule has 2 amide bonds. The molecule has 0 aromatic carbocycles. The van der Waals surface area contributed by atoms with Crippen molar-refractivity contribution in [1.82, 2.24) is 4.90 Å². The van der Waals surface area contributed by atoms with Crippen LogP contribution < -0.4 is 5.73 Å². The minimum absolute atomic E-state index is 0.0806. The van der Waals surface area contributed by atoms with Crippen molar-refractivity contribution in [2.24, 2.45) is 22.6 Å². The van der Waals surface area contributed by atoms with E-state index in [2.05, 4.69) is 4.99 Å². The summed E-state index contributed by atoms with van der Waals surface area (Å²) in [7, 11) is 0. The van der Waals surface area contributed by atoms with Gasteiger partial charge in [-0.05, 0) is 38.0 Å². The number of amidine groups is 1. The molecule has 2 unspecified atom stereocenters. The van der Waals surface area contributed by atoms with Crippen molar-refractivity contribution < 1.29 is 18.0 Å². The number of carbonyl (C=O) groups excluding carboxylic acids is 1. The summed E-state index contributed by atoms with van der Waals surface area (Å²) in [5, 5.41) is 0. The molecule has 0 bridgehead atoms. The van der Waals surface area contributed by atoms with Crippen LogP contribution in [0, 0.1) is 11.8 Å². The van der Waals surface area contributed by atoms with Crippen molar-refractivity contribution in [2.45, 2.75) is 50.2 Å². The van der Waals surface area contributed by atoms with E-state index in [9.17, 15) is 18.0 Å². The lowest BCUT2D eigenvalue weighted by Gasteiger charge is -2.44. The minimum Gasteiger partial charge on any atom is -0.385 e. The van der Waals surface area contributed by atoms with Gasteiger partial charge in [0.2, 0.25) is 0 Å². The number of halogens is 3. The van der Waals surface area contributed by atoms with E-state index < -0.39 is 23.7 Å². The van der Waals surface area contributed by atoms with Crippen LogP contribution in [0.5, 0.6) is 0 Å². The lowest BCUT2D eigenvalue weighted by atomic mass is 9.74. The fraction of sp³-hybridized carbons (Fsp3) is 0.846. The largest absolute Gasteiger partial charge is 0.391 e. The molecule has 2 atom stereocenters. The third-order valence-electron chi connectivity index (χ3n) is 4.77. The van der Waals surface area contributed by atoms with Crippen molar-refractivity contribution in [1.29, 1.82) is 0 Å². The molecule has 0 radical (unpaired) electrons. The topological polar surface area (TPSA) is 58.7 Å². The van der Waals surface area contributed by atoms with Crippen LogP contribution in [0.2, 0.25) is 0 Å². The fourth-order valence-electron chi connectivity index (χ4n) is 3.41. The number of urea groups is 1. The van der Waals surface area contributed by atoms with Crippen LogP contribution in [0.1, 0.15) is 38.5 Å². The van der Waals surface area contributed by atoms with Crippen LogP contribution in [-0.4, -0.2) is 35.0 Å². The Morgan fingerprint density at radius 1 is 1.35 bits per heavy atom. The van der Waals surface area contributed by atoms with E-state index in [0.29, 0.717) is 25.3 Å². The van der Waals surface area contributed by atoms with E-state index in [0.717, 1.165) is 12.8 Å². The molecule has 20 heavy (non-hydrogen) atoms. The Morgan fingerprint density at radius 2 is 2.05 bits per heavy atom. The molecule has 1 spiro atoms. The summed E-state index contributed by atoms with van der Waals surface area (Å²) in [5.74, 6) is -0.905. The molecule has 112 valence electrons. The van der Waals surface area contributed by atoms with E-state index in [1.54, 1.807) is 0 Å². The number of hydrogen-bond donors (Lipinski definition) is 1. The SMILES string of the molecule is NC1=NC(=O)N(CC2CC2)C12CCCC(C(F)(F)F)C2. The molecule has 2 saturated carbocycles. The summed E-state index contributed by atoms with van der Waals surface area (Å²) in [5.41, 5.74) is 4.86. The quantitative estimate of drug-likeness (QED) is 0.849. The maximum atomic E-state index is 13.0. The highest BCUT2D eigenvalue weighted by Gasteiger charge is 2.56. The number of amides is 2. The van der Waals surface area contributed by atoms with Crippen molar-refractivity contribution in [3.05, 3.63) is 0 Å². The van der Waals surface area contributed by atoms with Gasteiger partial charge in [-0.2, -0.15) is 18.2 Å². The Hall–Kier alpha value is -1.27. The van der Waals surface area contributed by atoms with Gasteiger partial charge in [0.1, 0.15) is 11.4 Å². The van der Waals surface area contributed by atoms with Gasteiger partial charge in [0, 0.05) is 6.54 Å². The molecular formula is C13H18F3N3O. The Kier molecular flexibility index (Phi) is 2.99. The smallest absolute Gasteiger partial charge is 0.385 e. The van der Waals surface area contributed by atoms with Gasteiger partial charge >= 0.3 is 12.2 Å². The van der Waals surface area contributed by atoms with Crippen molar-refractivity contribution in [2.75, 3.05) is 6.54 Å². The molecule has 3 aliphatic rings. The highest BCUT2D eigenvalue weighted by Crippen LogP contribution is 2.47. The second-order valence-corrected chi connectivity index (χ2v) is 6.20. The Balaban J connectivity index is 1.86. The molecule has 3 rings (SSSR count). The number of nitrogens with two attached hydrogens (primary N) is 1. The van der Waals surface area contributed by atoms with Crippen LogP contribution >= 0.6 is 0 Å². The maximum absolute atomic E-state index is 13.0. The second-order valence-electron chi connectivity index (χ2n) is 6.20. The first-order valence-corrected chi connectivity index (χ1v) is 7.06. The molecule has 0 saturated heterocycles. The van der Waals surface area contributed by atoms with Crippen molar-refractivity contribution in [3.63, 3.8) is 0 Å². The first-order chi connectivity index (χ1) is 9.33. The first-order valence-electron chi connectivity index (χ1n) is 7.06. The van der Waals surface area contributed by atoms with Gasteiger partial charge in [0.05, 0.1) is 5.92 Å². The number of hydrogen-bond acceptors (Lipinski definition) is 2.